The van der Waals surface area contributed by atoms with E-state index in [0.29, 0.717) is 11.3 Å². The molecule has 0 heterocycles. The molecule has 2 N–H and O–H groups in total. The van der Waals surface area contributed by atoms with Crippen molar-refractivity contribution in [2.45, 2.75) is 11.3 Å². The number of carbonyl (C=O) groups is 2. The second-order valence-corrected chi connectivity index (χ2v) is 7.20. The standard InChI is InChI=1S/C17H18N2O4S/c1-18-17(21)13-7-9-14(10-8-13)19-16(20)11-12-24(22,23)15-5-3-2-4-6-15/h2-10H,11-12H2,1H3,(H,18,21)(H,19,20). The van der Waals surface area contributed by atoms with Crippen LogP contribution in [0, 0.1) is 0 Å². The van der Waals surface area contributed by atoms with E-state index < -0.39 is 15.7 Å². The van der Waals surface area contributed by atoms with Gasteiger partial charge in [-0.25, -0.2) is 8.42 Å². The van der Waals surface area contributed by atoms with Crippen LogP contribution in [-0.2, 0) is 14.6 Å². The molecule has 0 atom stereocenters. The van der Waals surface area contributed by atoms with Crippen molar-refractivity contribution in [1.29, 1.82) is 0 Å². The molecule has 0 spiro atoms. The molecule has 0 fully saturated rings. The van der Waals surface area contributed by atoms with E-state index in [9.17, 15) is 18.0 Å². The summed E-state index contributed by atoms with van der Waals surface area (Å²) < 4.78 is 24.2. The zero-order valence-electron chi connectivity index (χ0n) is 13.2. The fraction of sp³-hybridized carbons (Fsp3) is 0.176. The highest BCUT2D eigenvalue weighted by atomic mass is 32.2. The molecular formula is C17H18N2O4S. The first kappa shape index (κ1) is 17.7. The Balaban J connectivity index is 1.93. The maximum Gasteiger partial charge on any atom is 0.251 e. The molecule has 7 heteroatoms. The lowest BCUT2D eigenvalue weighted by Gasteiger charge is -2.07. The summed E-state index contributed by atoms with van der Waals surface area (Å²) in [5, 5.41) is 5.12. The van der Waals surface area contributed by atoms with Crippen LogP contribution in [0.4, 0.5) is 5.69 Å². The summed E-state index contributed by atoms with van der Waals surface area (Å²) in [7, 11) is -1.95. The van der Waals surface area contributed by atoms with Crippen molar-refractivity contribution >= 4 is 27.3 Å². The van der Waals surface area contributed by atoms with Crippen molar-refractivity contribution in [3.8, 4) is 0 Å². The number of rotatable bonds is 6. The predicted molar refractivity (Wildman–Crippen MR) is 91.6 cm³/mol. The highest BCUT2D eigenvalue weighted by Gasteiger charge is 2.16. The van der Waals surface area contributed by atoms with Crippen molar-refractivity contribution in [3.63, 3.8) is 0 Å². The second kappa shape index (κ2) is 7.74. The van der Waals surface area contributed by atoms with Crippen molar-refractivity contribution in [1.82, 2.24) is 5.32 Å². The molecule has 0 bridgehead atoms. The Morgan fingerprint density at radius 2 is 1.58 bits per heavy atom. The molecule has 0 saturated heterocycles. The molecule has 0 unspecified atom stereocenters. The molecule has 0 radical (unpaired) electrons. The molecule has 0 saturated carbocycles. The molecule has 24 heavy (non-hydrogen) atoms. The van der Waals surface area contributed by atoms with E-state index in [1.807, 2.05) is 0 Å². The van der Waals surface area contributed by atoms with Gasteiger partial charge < -0.3 is 10.6 Å². The van der Waals surface area contributed by atoms with Gasteiger partial charge in [0.1, 0.15) is 0 Å². The molecular weight excluding hydrogens is 328 g/mol. The van der Waals surface area contributed by atoms with Crippen LogP contribution < -0.4 is 10.6 Å². The van der Waals surface area contributed by atoms with Gasteiger partial charge in [0, 0.05) is 24.7 Å². The Bertz CT molecular complexity index is 815. The topological polar surface area (TPSA) is 92.3 Å². The lowest BCUT2D eigenvalue weighted by atomic mass is 10.2. The average Bonchev–Trinajstić information content (AvgIpc) is 2.61. The third-order valence-corrected chi connectivity index (χ3v) is 5.09. The average molecular weight is 346 g/mol. The van der Waals surface area contributed by atoms with Crippen LogP contribution in [0.1, 0.15) is 16.8 Å². The largest absolute Gasteiger partial charge is 0.355 e. The zero-order valence-corrected chi connectivity index (χ0v) is 14.0. The summed E-state index contributed by atoms with van der Waals surface area (Å²) in [5.74, 6) is -0.886. The Labute approximate surface area is 140 Å². The molecule has 2 rings (SSSR count). The minimum Gasteiger partial charge on any atom is -0.355 e. The summed E-state index contributed by atoms with van der Waals surface area (Å²) in [6.07, 6.45) is -0.144. The summed E-state index contributed by atoms with van der Waals surface area (Å²) in [6, 6.07) is 14.4. The number of benzene rings is 2. The molecule has 126 valence electrons. The van der Waals surface area contributed by atoms with Crippen LogP contribution in [0.25, 0.3) is 0 Å². The van der Waals surface area contributed by atoms with Gasteiger partial charge in [0.2, 0.25) is 5.91 Å². The molecule has 2 aromatic rings. The zero-order chi connectivity index (χ0) is 17.6. The highest BCUT2D eigenvalue weighted by Crippen LogP contribution is 2.13. The minimum atomic E-state index is -3.48. The highest BCUT2D eigenvalue weighted by molar-refractivity contribution is 7.91. The maximum atomic E-state index is 12.1. The van der Waals surface area contributed by atoms with E-state index in [0.717, 1.165) is 0 Å². The number of amides is 2. The Morgan fingerprint density at radius 1 is 0.958 bits per heavy atom. The van der Waals surface area contributed by atoms with Crippen LogP contribution in [0.15, 0.2) is 59.5 Å². The number of hydrogen-bond donors (Lipinski definition) is 2. The van der Waals surface area contributed by atoms with E-state index >= 15 is 0 Å². The molecule has 2 aromatic carbocycles. The van der Waals surface area contributed by atoms with Gasteiger partial charge in [-0.1, -0.05) is 18.2 Å². The quantitative estimate of drug-likeness (QED) is 0.835. The normalized spacial score (nSPS) is 10.9. The van der Waals surface area contributed by atoms with Gasteiger partial charge in [-0.05, 0) is 36.4 Å². The summed E-state index contributed by atoms with van der Waals surface area (Å²) in [5.41, 5.74) is 0.979. The van der Waals surface area contributed by atoms with E-state index in [2.05, 4.69) is 10.6 Å². The van der Waals surface area contributed by atoms with Crippen molar-refractivity contribution in [3.05, 3.63) is 60.2 Å². The summed E-state index contributed by atoms with van der Waals surface area (Å²) >= 11 is 0. The van der Waals surface area contributed by atoms with Crippen LogP contribution >= 0.6 is 0 Å². The van der Waals surface area contributed by atoms with Gasteiger partial charge in [-0.15, -0.1) is 0 Å². The fourth-order valence-corrected chi connectivity index (χ4v) is 3.31. The van der Waals surface area contributed by atoms with Gasteiger partial charge in [0.25, 0.3) is 5.91 Å². The van der Waals surface area contributed by atoms with Gasteiger partial charge in [0.15, 0.2) is 9.84 Å². The van der Waals surface area contributed by atoms with Crippen LogP contribution in [0.5, 0.6) is 0 Å². The monoisotopic (exact) mass is 346 g/mol. The Morgan fingerprint density at radius 3 is 2.17 bits per heavy atom. The smallest absolute Gasteiger partial charge is 0.251 e. The number of nitrogens with one attached hydrogen (secondary N) is 2. The van der Waals surface area contributed by atoms with Gasteiger partial charge >= 0.3 is 0 Å². The maximum absolute atomic E-state index is 12.1. The van der Waals surface area contributed by atoms with Gasteiger partial charge in [-0.2, -0.15) is 0 Å². The lowest BCUT2D eigenvalue weighted by molar-refractivity contribution is -0.115. The predicted octanol–water partition coefficient (Wildman–Crippen LogP) is 1.85. The van der Waals surface area contributed by atoms with Gasteiger partial charge in [0.05, 0.1) is 10.6 Å². The fourth-order valence-electron chi connectivity index (χ4n) is 2.05. The lowest BCUT2D eigenvalue weighted by Crippen LogP contribution is -2.19. The van der Waals surface area contributed by atoms with E-state index in [4.69, 9.17) is 0 Å². The van der Waals surface area contributed by atoms with Crippen LogP contribution in [0.2, 0.25) is 0 Å². The minimum absolute atomic E-state index is 0.144. The third-order valence-electron chi connectivity index (χ3n) is 3.36. The van der Waals surface area contributed by atoms with Crippen molar-refractivity contribution in [2.75, 3.05) is 18.1 Å². The number of hydrogen-bond acceptors (Lipinski definition) is 4. The van der Waals surface area contributed by atoms with E-state index in [-0.39, 0.29) is 23.0 Å². The number of anilines is 1. The summed E-state index contributed by atoms with van der Waals surface area (Å²) in [4.78, 5) is 23.5. The molecule has 6 nitrogen and oxygen atoms in total. The molecule has 0 aliphatic heterocycles. The molecule has 2 amide bonds. The van der Waals surface area contributed by atoms with E-state index in [1.165, 1.54) is 19.2 Å². The van der Waals surface area contributed by atoms with E-state index in [1.54, 1.807) is 42.5 Å². The van der Waals surface area contributed by atoms with Crippen LogP contribution in [-0.4, -0.2) is 33.0 Å². The number of carbonyl (C=O) groups excluding carboxylic acids is 2. The van der Waals surface area contributed by atoms with Gasteiger partial charge in [-0.3, -0.25) is 9.59 Å². The second-order valence-electron chi connectivity index (χ2n) is 5.09. The first-order chi connectivity index (χ1) is 11.4. The SMILES string of the molecule is CNC(=O)c1ccc(NC(=O)CCS(=O)(=O)c2ccccc2)cc1. The Kier molecular flexibility index (Phi) is 5.70. The molecule has 0 aliphatic rings. The van der Waals surface area contributed by atoms with Crippen molar-refractivity contribution in [2.24, 2.45) is 0 Å². The Hall–Kier alpha value is -2.67. The summed E-state index contributed by atoms with van der Waals surface area (Å²) in [6.45, 7) is 0. The van der Waals surface area contributed by atoms with Crippen LogP contribution in [0.3, 0.4) is 0 Å². The van der Waals surface area contributed by atoms with Crippen molar-refractivity contribution < 1.29 is 18.0 Å². The third kappa shape index (κ3) is 4.66. The number of sulfone groups is 1. The molecule has 0 aliphatic carbocycles. The molecule has 0 aromatic heterocycles. The first-order valence-electron chi connectivity index (χ1n) is 7.32. The first-order valence-corrected chi connectivity index (χ1v) is 8.97.